The van der Waals surface area contributed by atoms with Gasteiger partial charge in [-0.25, -0.2) is 18.1 Å². The minimum Gasteiger partial charge on any atom is -0.359 e. The molecule has 0 bridgehead atoms. The van der Waals surface area contributed by atoms with Crippen molar-refractivity contribution in [1.82, 2.24) is 19.4 Å². The maximum Gasteiger partial charge on any atom is 0.267 e. The van der Waals surface area contributed by atoms with Crippen LogP contribution in [0.2, 0.25) is 10.0 Å². The molecule has 3 aromatic carbocycles. The van der Waals surface area contributed by atoms with Crippen molar-refractivity contribution in [3.8, 4) is 11.1 Å². The van der Waals surface area contributed by atoms with E-state index in [4.69, 9.17) is 27.7 Å². The Kier molecular flexibility index (Phi) is 7.99. The van der Waals surface area contributed by atoms with Gasteiger partial charge in [-0.15, -0.1) is 0 Å². The van der Waals surface area contributed by atoms with Crippen molar-refractivity contribution in [2.75, 3.05) is 0 Å². The minimum atomic E-state index is -4.28. The number of aromatic nitrogens is 3. The first kappa shape index (κ1) is 28.5. The molecular weight excluding hydrogens is 587 g/mol. The molecule has 5 rings (SSSR count). The van der Waals surface area contributed by atoms with Gasteiger partial charge < -0.3 is 4.52 Å². The Hall–Kier alpha value is -3.99. The van der Waals surface area contributed by atoms with Crippen LogP contribution in [-0.2, 0) is 23.0 Å². The molecule has 0 spiro atoms. The molecule has 12 heteroatoms. The zero-order valence-corrected chi connectivity index (χ0v) is 24.3. The van der Waals surface area contributed by atoms with E-state index < -0.39 is 15.9 Å². The van der Waals surface area contributed by atoms with Gasteiger partial charge in [-0.05, 0) is 48.7 Å². The van der Waals surface area contributed by atoms with Crippen LogP contribution in [0.5, 0.6) is 0 Å². The lowest BCUT2D eigenvalue weighted by atomic mass is 10.0. The molecule has 41 heavy (non-hydrogen) atoms. The van der Waals surface area contributed by atoms with Crippen LogP contribution in [0.4, 0.5) is 0 Å². The van der Waals surface area contributed by atoms with Gasteiger partial charge in [0.25, 0.3) is 21.5 Å². The first-order valence-corrected chi connectivity index (χ1v) is 14.9. The molecule has 9 nitrogen and oxygen atoms in total. The Labute approximate surface area is 245 Å². The lowest BCUT2D eigenvalue weighted by molar-refractivity contribution is 0.0981. The molecule has 0 aliphatic rings. The summed E-state index contributed by atoms with van der Waals surface area (Å²) in [4.78, 5) is 30.5. The summed E-state index contributed by atoms with van der Waals surface area (Å²) in [5.74, 6) is 0.117. The minimum absolute atomic E-state index is 0.0590. The number of sulfonamides is 1. The summed E-state index contributed by atoms with van der Waals surface area (Å²) in [6, 6.07) is 17.7. The monoisotopic (exact) mass is 610 g/mol. The lowest BCUT2D eigenvalue weighted by Gasteiger charge is -2.14. The van der Waals surface area contributed by atoms with Crippen LogP contribution in [0.3, 0.4) is 0 Å². The van der Waals surface area contributed by atoms with E-state index in [0.717, 1.165) is 12.0 Å². The maximum absolute atomic E-state index is 13.3. The first-order chi connectivity index (χ1) is 19.6. The molecule has 2 aromatic heterocycles. The average molecular weight is 612 g/mol. The summed E-state index contributed by atoms with van der Waals surface area (Å²) in [6.45, 7) is 3.94. The van der Waals surface area contributed by atoms with Crippen LogP contribution in [0, 0.1) is 6.92 Å². The number of hydrogen-bond acceptors (Lipinski definition) is 7. The normalized spacial score (nSPS) is 11.6. The van der Waals surface area contributed by atoms with Crippen molar-refractivity contribution in [3.63, 3.8) is 0 Å². The fourth-order valence-electron chi connectivity index (χ4n) is 4.51. The Morgan fingerprint density at radius 3 is 2.51 bits per heavy atom. The quantitative estimate of drug-likeness (QED) is 0.236. The standard InChI is InChI=1S/C29H24Cl2N4O5S/c1-3-6-25-32-27-26(17(2)40-33-27)29(37)35(25)16-18-9-11-19(12-10-18)21-7-4-5-8-24(21)41(38,39)34-28(36)22-15-20(30)13-14-23(22)31/h4-5,7-15H,3,6,16H2,1-2H3,(H,34,36). The van der Waals surface area contributed by atoms with Crippen molar-refractivity contribution in [3.05, 3.63) is 110 Å². The van der Waals surface area contributed by atoms with Gasteiger partial charge in [-0.3, -0.25) is 14.2 Å². The zero-order valence-electron chi connectivity index (χ0n) is 22.0. The topological polar surface area (TPSA) is 124 Å². The number of carbonyl (C=O) groups is 1. The van der Waals surface area contributed by atoms with Crippen LogP contribution in [0.25, 0.3) is 22.2 Å². The Balaban J connectivity index is 1.45. The van der Waals surface area contributed by atoms with Gasteiger partial charge in [0.15, 0.2) is 0 Å². The number of benzene rings is 3. The molecule has 0 aliphatic heterocycles. The molecule has 1 N–H and O–H groups in total. The van der Waals surface area contributed by atoms with Crippen molar-refractivity contribution < 1.29 is 17.7 Å². The van der Waals surface area contributed by atoms with Gasteiger partial charge in [-0.2, -0.15) is 0 Å². The second kappa shape index (κ2) is 11.5. The number of fused-ring (bicyclic) bond motifs is 1. The zero-order chi connectivity index (χ0) is 29.3. The number of aryl methyl sites for hydroxylation is 2. The van der Waals surface area contributed by atoms with Gasteiger partial charge >= 0.3 is 0 Å². The van der Waals surface area contributed by atoms with Crippen LogP contribution in [0.1, 0.15) is 40.9 Å². The molecule has 0 saturated carbocycles. The molecule has 2 heterocycles. The molecular formula is C29H24Cl2N4O5S. The van der Waals surface area contributed by atoms with Gasteiger partial charge in [0, 0.05) is 17.0 Å². The second-order valence-corrected chi connectivity index (χ2v) is 11.9. The molecule has 0 fully saturated rings. The third kappa shape index (κ3) is 5.76. The first-order valence-electron chi connectivity index (χ1n) is 12.6. The fraction of sp³-hybridized carbons (Fsp3) is 0.172. The summed E-state index contributed by atoms with van der Waals surface area (Å²) in [7, 11) is -4.28. The third-order valence-corrected chi connectivity index (χ3v) is 8.46. The number of hydrogen-bond donors (Lipinski definition) is 1. The summed E-state index contributed by atoms with van der Waals surface area (Å²) < 4.78 is 35.5. The van der Waals surface area contributed by atoms with E-state index in [-0.39, 0.29) is 32.6 Å². The van der Waals surface area contributed by atoms with E-state index >= 15 is 0 Å². The predicted octanol–water partition coefficient (Wildman–Crippen LogP) is 5.79. The Morgan fingerprint density at radius 1 is 1.05 bits per heavy atom. The SMILES string of the molecule is CCCc1nc2noc(C)c2c(=O)n1Cc1ccc(-c2ccccc2S(=O)(=O)NC(=O)c2cc(Cl)ccc2Cl)cc1. The highest BCUT2D eigenvalue weighted by Gasteiger charge is 2.24. The Bertz CT molecular complexity index is 1950. The number of carbonyl (C=O) groups excluding carboxylic acids is 1. The summed E-state index contributed by atoms with van der Waals surface area (Å²) in [5, 5.41) is 4.56. The van der Waals surface area contributed by atoms with E-state index in [0.29, 0.717) is 40.2 Å². The maximum atomic E-state index is 13.3. The number of nitrogens with one attached hydrogen (secondary N) is 1. The molecule has 0 atom stereocenters. The van der Waals surface area contributed by atoms with Gasteiger partial charge in [0.2, 0.25) is 5.65 Å². The highest BCUT2D eigenvalue weighted by atomic mass is 35.5. The fourth-order valence-corrected chi connectivity index (χ4v) is 6.08. The van der Waals surface area contributed by atoms with Gasteiger partial charge in [0.1, 0.15) is 17.0 Å². The van der Waals surface area contributed by atoms with Gasteiger partial charge in [0.05, 0.1) is 22.0 Å². The second-order valence-electron chi connectivity index (χ2n) is 9.36. The van der Waals surface area contributed by atoms with Crippen LogP contribution in [0.15, 0.2) is 80.9 Å². The van der Waals surface area contributed by atoms with E-state index in [9.17, 15) is 18.0 Å². The summed E-state index contributed by atoms with van der Waals surface area (Å²) >= 11 is 12.0. The molecule has 210 valence electrons. The number of nitrogens with zero attached hydrogens (tertiary/aromatic N) is 3. The predicted molar refractivity (Wildman–Crippen MR) is 157 cm³/mol. The van der Waals surface area contributed by atoms with E-state index in [1.54, 1.807) is 41.8 Å². The molecule has 5 aromatic rings. The van der Waals surface area contributed by atoms with Crippen LogP contribution >= 0.6 is 23.2 Å². The van der Waals surface area contributed by atoms with Crippen molar-refractivity contribution in [2.24, 2.45) is 0 Å². The molecule has 0 unspecified atom stereocenters. The smallest absolute Gasteiger partial charge is 0.267 e. The molecule has 0 radical (unpaired) electrons. The van der Waals surface area contributed by atoms with Crippen LogP contribution < -0.4 is 10.3 Å². The highest BCUT2D eigenvalue weighted by molar-refractivity contribution is 7.90. The summed E-state index contributed by atoms with van der Waals surface area (Å²) in [6.07, 6.45) is 1.38. The largest absolute Gasteiger partial charge is 0.359 e. The van der Waals surface area contributed by atoms with E-state index in [1.807, 2.05) is 19.1 Å². The molecule has 0 saturated heterocycles. The number of amides is 1. The van der Waals surface area contributed by atoms with Crippen molar-refractivity contribution >= 4 is 50.2 Å². The summed E-state index contributed by atoms with van der Waals surface area (Å²) in [5.41, 5.74) is 1.82. The van der Waals surface area contributed by atoms with Crippen LogP contribution in [-0.4, -0.2) is 29.0 Å². The van der Waals surface area contributed by atoms with E-state index in [2.05, 4.69) is 14.9 Å². The van der Waals surface area contributed by atoms with Crippen molar-refractivity contribution in [2.45, 2.75) is 38.1 Å². The molecule has 0 aliphatic carbocycles. The third-order valence-electron chi connectivity index (χ3n) is 6.51. The highest BCUT2D eigenvalue weighted by Crippen LogP contribution is 2.28. The molecule has 1 amide bonds. The Morgan fingerprint density at radius 2 is 1.78 bits per heavy atom. The van der Waals surface area contributed by atoms with Crippen molar-refractivity contribution in [1.29, 1.82) is 0 Å². The lowest BCUT2D eigenvalue weighted by Crippen LogP contribution is -2.31. The average Bonchev–Trinajstić information content (AvgIpc) is 3.32. The number of halogens is 2. The van der Waals surface area contributed by atoms with E-state index in [1.165, 1.54) is 24.3 Å². The number of rotatable bonds is 8. The van der Waals surface area contributed by atoms with Gasteiger partial charge in [-0.1, -0.05) is 77.7 Å².